The number of nitro groups is 1. The quantitative estimate of drug-likeness (QED) is 0.533. The van der Waals surface area contributed by atoms with Gasteiger partial charge in [0.2, 0.25) is 0 Å². The lowest BCUT2D eigenvalue weighted by molar-refractivity contribution is -0.385. The SMILES string of the molecule is CCCC(C)NCC(O)Cn1cc([N+](=O)[O-])cn1. The van der Waals surface area contributed by atoms with E-state index in [0.717, 1.165) is 12.8 Å². The van der Waals surface area contributed by atoms with Crippen LogP contribution in [-0.4, -0.2) is 38.5 Å². The van der Waals surface area contributed by atoms with Gasteiger partial charge in [0, 0.05) is 12.6 Å². The average Bonchev–Trinajstić information content (AvgIpc) is 2.75. The lowest BCUT2D eigenvalue weighted by atomic mass is 10.2. The van der Waals surface area contributed by atoms with E-state index in [4.69, 9.17) is 0 Å². The minimum absolute atomic E-state index is 0.0606. The maximum atomic E-state index is 10.5. The molecule has 7 heteroatoms. The summed E-state index contributed by atoms with van der Waals surface area (Å²) in [6.07, 6.45) is 4.04. The van der Waals surface area contributed by atoms with E-state index in [0.29, 0.717) is 12.6 Å². The first-order valence-electron chi connectivity index (χ1n) is 6.11. The Kier molecular flexibility index (Phi) is 5.73. The molecule has 102 valence electrons. The van der Waals surface area contributed by atoms with Crippen LogP contribution in [0.25, 0.3) is 0 Å². The fourth-order valence-corrected chi connectivity index (χ4v) is 1.70. The molecule has 18 heavy (non-hydrogen) atoms. The molecule has 0 aliphatic heterocycles. The van der Waals surface area contributed by atoms with Gasteiger partial charge in [-0.05, 0) is 13.3 Å². The third kappa shape index (κ3) is 4.80. The standard InChI is InChI=1S/C11H20N4O3/c1-3-4-9(2)12-6-11(16)8-14-7-10(5-13-14)15(17)18/h5,7,9,11-12,16H,3-4,6,8H2,1-2H3. The van der Waals surface area contributed by atoms with E-state index in [1.165, 1.54) is 17.1 Å². The van der Waals surface area contributed by atoms with Crippen LogP contribution in [0, 0.1) is 10.1 Å². The summed E-state index contributed by atoms with van der Waals surface area (Å²) in [7, 11) is 0. The molecular weight excluding hydrogens is 236 g/mol. The third-order valence-electron chi connectivity index (χ3n) is 2.65. The van der Waals surface area contributed by atoms with Crippen molar-refractivity contribution in [3.05, 3.63) is 22.5 Å². The van der Waals surface area contributed by atoms with Gasteiger partial charge in [-0.1, -0.05) is 13.3 Å². The molecule has 0 amide bonds. The van der Waals surface area contributed by atoms with Gasteiger partial charge in [0.25, 0.3) is 0 Å². The van der Waals surface area contributed by atoms with Crippen molar-refractivity contribution < 1.29 is 10.0 Å². The Hall–Kier alpha value is -1.47. The molecule has 0 radical (unpaired) electrons. The van der Waals surface area contributed by atoms with Gasteiger partial charge >= 0.3 is 5.69 Å². The minimum Gasteiger partial charge on any atom is -0.390 e. The number of aliphatic hydroxyl groups is 1. The normalized spacial score (nSPS) is 14.4. The minimum atomic E-state index is -0.608. The van der Waals surface area contributed by atoms with Crippen molar-refractivity contribution in [2.24, 2.45) is 0 Å². The van der Waals surface area contributed by atoms with Gasteiger partial charge in [-0.15, -0.1) is 0 Å². The highest BCUT2D eigenvalue weighted by molar-refractivity contribution is 5.20. The molecule has 0 fully saturated rings. The number of nitrogens with one attached hydrogen (secondary N) is 1. The monoisotopic (exact) mass is 256 g/mol. The van der Waals surface area contributed by atoms with Crippen LogP contribution < -0.4 is 5.32 Å². The van der Waals surface area contributed by atoms with E-state index in [9.17, 15) is 15.2 Å². The number of aromatic nitrogens is 2. The molecule has 0 aliphatic carbocycles. The number of hydrogen-bond donors (Lipinski definition) is 2. The van der Waals surface area contributed by atoms with Gasteiger partial charge in [-0.2, -0.15) is 5.10 Å². The van der Waals surface area contributed by atoms with Crippen molar-refractivity contribution in [3.8, 4) is 0 Å². The van der Waals surface area contributed by atoms with Crippen LogP contribution >= 0.6 is 0 Å². The van der Waals surface area contributed by atoms with Crippen LogP contribution in [0.1, 0.15) is 26.7 Å². The Labute approximate surface area is 106 Å². The van der Waals surface area contributed by atoms with E-state index in [1.54, 1.807) is 0 Å². The van der Waals surface area contributed by atoms with Crippen molar-refractivity contribution in [2.45, 2.75) is 45.4 Å². The lowest BCUT2D eigenvalue weighted by Gasteiger charge is -2.16. The molecule has 0 aromatic carbocycles. The summed E-state index contributed by atoms with van der Waals surface area (Å²) < 4.78 is 1.38. The zero-order valence-corrected chi connectivity index (χ0v) is 10.7. The first-order chi connectivity index (χ1) is 8.52. The van der Waals surface area contributed by atoms with Crippen LogP contribution in [0.15, 0.2) is 12.4 Å². The summed E-state index contributed by atoms with van der Waals surface area (Å²) in [6, 6.07) is 0.358. The van der Waals surface area contributed by atoms with Gasteiger partial charge in [0.15, 0.2) is 0 Å². The van der Waals surface area contributed by atoms with Gasteiger partial charge < -0.3 is 10.4 Å². The lowest BCUT2D eigenvalue weighted by Crippen LogP contribution is -2.35. The van der Waals surface area contributed by atoms with Crippen LogP contribution in [0.4, 0.5) is 5.69 Å². The van der Waals surface area contributed by atoms with Crippen LogP contribution in [0.2, 0.25) is 0 Å². The molecule has 1 rings (SSSR count). The Bertz CT molecular complexity index is 380. The fourth-order valence-electron chi connectivity index (χ4n) is 1.70. The molecule has 1 aromatic heterocycles. The maximum Gasteiger partial charge on any atom is 0.306 e. The largest absolute Gasteiger partial charge is 0.390 e. The predicted octanol–water partition coefficient (Wildman–Crippen LogP) is 0.930. The molecule has 0 spiro atoms. The van der Waals surface area contributed by atoms with E-state index < -0.39 is 11.0 Å². The van der Waals surface area contributed by atoms with Crippen molar-refractivity contribution in [2.75, 3.05) is 6.54 Å². The summed E-state index contributed by atoms with van der Waals surface area (Å²) in [5.74, 6) is 0. The Balaban J connectivity index is 2.34. The van der Waals surface area contributed by atoms with Crippen LogP contribution in [0.3, 0.4) is 0 Å². The highest BCUT2D eigenvalue weighted by atomic mass is 16.6. The van der Waals surface area contributed by atoms with Crippen LogP contribution in [-0.2, 0) is 6.54 Å². The molecule has 1 heterocycles. The van der Waals surface area contributed by atoms with Gasteiger partial charge in [0.1, 0.15) is 12.4 Å². The summed E-state index contributed by atoms with van der Waals surface area (Å²) in [6.45, 7) is 4.88. The molecule has 0 saturated heterocycles. The van der Waals surface area contributed by atoms with Crippen molar-refractivity contribution in [1.29, 1.82) is 0 Å². The van der Waals surface area contributed by atoms with Gasteiger partial charge in [0.05, 0.1) is 17.6 Å². The van der Waals surface area contributed by atoms with Crippen molar-refractivity contribution in [1.82, 2.24) is 15.1 Å². The summed E-state index contributed by atoms with van der Waals surface area (Å²) >= 11 is 0. The first-order valence-corrected chi connectivity index (χ1v) is 6.11. The average molecular weight is 256 g/mol. The van der Waals surface area contributed by atoms with Gasteiger partial charge in [-0.3, -0.25) is 14.8 Å². The number of aliphatic hydroxyl groups excluding tert-OH is 1. The second kappa shape index (κ2) is 7.07. The topological polar surface area (TPSA) is 93.2 Å². The summed E-state index contributed by atoms with van der Waals surface area (Å²) in [4.78, 5) is 9.96. The fraction of sp³-hybridized carbons (Fsp3) is 0.727. The zero-order valence-electron chi connectivity index (χ0n) is 10.7. The molecule has 0 bridgehead atoms. The van der Waals surface area contributed by atoms with E-state index in [1.807, 2.05) is 0 Å². The van der Waals surface area contributed by atoms with Crippen LogP contribution in [0.5, 0.6) is 0 Å². The highest BCUT2D eigenvalue weighted by Gasteiger charge is 2.12. The Morgan fingerprint density at radius 3 is 2.94 bits per heavy atom. The van der Waals surface area contributed by atoms with E-state index in [-0.39, 0.29) is 12.2 Å². The first kappa shape index (κ1) is 14.6. The highest BCUT2D eigenvalue weighted by Crippen LogP contribution is 2.08. The Morgan fingerprint density at radius 2 is 2.39 bits per heavy atom. The van der Waals surface area contributed by atoms with Crippen molar-refractivity contribution >= 4 is 5.69 Å². The second-order valence-corrected chi connectivity index (χ2v) is 4.43. The molecule has 2 atom stereocenters. The Morgan fingerprint density at radius 1 is 1.67 bits per heavy atom. The predicted molar refractivity (Wildman–Crippen MR) is 67.3 cm³/mol. The molecule has 0 saturated carbocycles. The molecule has 2 N–H and O–H groups in total. The molecule has 0 aliphatic rings. The number of nitrogens with zero attached hydrogens (tertiary/aromatic N) is 3. The smallest absolute Gasteiger partial charge is 0.306 e. The maximum absolute atomic E-state index is 10.5. The van der Waals surface area contributed by atoms with E-state index in [2.05, 4.69) is 24.3 Å². The molecule has 2 unspecified atom stereocenters. The zero-order chi connectivity index (χ0) is 13.5. The molecular formula is C11H20N4O3. The molecule has 1 aromatic rings. The third-order valence-corrected chi connectivity index (χ3v) is 2.65. The van der Waals surface area contributed by atoms with E-state index >= 15 is 0 Å². The second-order valence-electron chi connectivity index (χ2n) is 4.43. The van der Waals surface area contributed by atoms with Gasteiger partial charge in [-0.25, -0.2) is 0 Å². The molecule has 7 nitrogen and oxygen atoms in total. The number of hydrogen-bond acceptors (Lipinski definition) is 5. The van der Waals surface area contributed by atoms with Crippen molar-refractivity contribution in [3.63, 3.8) is 0 Å². The summed E-state index contributed by atoms with van der Waals surface area (Å²) in [5.41, 5.74) is -0.0606. The number of rotatable bonds is 8. The summed E-state index contributed by atoms with van der Waals surface area (Å²) in [5, 5.41) is 27.3.